The summed E-state index contributed by atoms with van der Waals surface area (Å²) < 4.78 is 0. The van der Waals surface area contributed by atoms with E-state index < -0.39 is 10.9 Å². The van der Waals surface area contributed by atoms with Gasteiger partial charge in [0.05, 0.1) is 10.5 Å². The number of hydrogen-bond acceptors (Lipinski definition) is 3. The van der Waals surface area contributed by atoms with Crippen LogP contribution in [0.25, 0.3) is 0 Å². The molecule has 0 amide bonds. The quantitative estimate of drug-likeness (QED) is 0.420. The van der Waals surface area contributed by atoms with E-state index in [0.717, 1.165) is 5.56 Å². The van der Waals surface area contributed by atoms with Crippen LogP contribution in [0.5, 0.6) is 0 Å². The summed E-state index contributed by atoms with van der Waals surface area (Å²) in [5.74, 6) is 10.4. The minimum Gasteiger partial charge on any atom is -0.478 e. The van der Waals surface area contributed by atoms with Crippen molar-refractivity contribution in [1.29, 1.82) is 0 Å². The van der Waals surface area contributed by atoms with Gasteiger partial charge in [-0.05, 0) is 48.5 Å². The Morgan fingerprint density at radius 1 is 0.786 bits per heavy atom. The van der Waals surface area contributed by atoms with Gasteiger partial charge in [-0.1, -0.05) is 41.9 Å². The number of carbonyl (C=O) groups is 1. The van der Waals surface area contributed by atoms with Crippen LogP contribution in [0.1, 0.15) is 32.6 Å². The summed E-state index contributed by atoms with van der Waals surface area (Å²) in [5, 5.41) is 20.3. The summed E-state index contributed by atoms with van der Waals surface area (Å²) in [4.78, 5) is 21.8. The Morgan fingerprint density at radius 3 is 2.00 bits per heavy atom. The summed E-state index contributed by atoms with van der Waals surface area (Å²) in [7, 11) is 0. The molecule has 5 heteroatoms. The van der Waals surface area contributed by atoms with E-state index in [-0.39, 0.29) is 16.8 Å². The van der Waals surface area contributed by atoms with E-state index in [2.05, 4.69) is 23.7 Å². The number of aromatic carboxylic acids is 1. The monoisotopic (exact) mass is 367 g/mol. The number of nitro benzene ring substituents is 1. The third-order valence-electron chi connectivity index (χ3n) is 3.79. The molecule has 0 radical (unpaired) electrons. The fraction of sp³-hybridized carbons (Fsp3) is 0. The van der Waals surface area contributed by atoms with Gasteiger partial charge in [0.1, 0.15) is 5.56 Å². The SMILES string of the molecule is O=C(O)c1ccc(C#Cc2ccc(C#Cc3ccccc3)cc2[N+](=O)[O-])cc1. The lowest BCUT2D eigenvalue weighted by atomic mass is 10.1. The van der Waals surface area contributed by atoms with Crippen molar-refractivity contribution < 1.29 is 14.8 Å². The highest BCUT2D eigenvalue weighted by Gasteiger charge is 2.12. The van der Waals surface area contributed by atoms with Gasteiger partial charge in [-0.3, -0.25) is 10.1 Å². The first-order valence-electron chi connectivity index (χ1n) is 8.24. The van der Waals surface area contributed by atoms with Gasteiger partial charge in [0, 0.05) is 22.8 Å². The van der Waals surface area contributed by atoms with Crippen LogP contribution < -0.4 is 0 Å². The van der Waals surface area contributed by atoms with Crippen LogP contribution >= 0.6 is 0 Å². The summed E-state index contributed by atoms with van der Waals surface area (Å²) in [5.41, 5.74) is 2.18. The number of hydrogen-bond donors (Lipinski definition) is 1. The van der Waals surface area contributed by atoms with E-state index in [9.17, 15) is 14.9 Å². The van der Waals surface area contributed by atoms with Gasteiger partial charge < -0.3 is 5.11 Å². The van der Waals surface area contributed by atoms with E-state index in [0.29, 0.717) is 11.1 Å². The first-order valence-corrected chi connectivity index (χ1v) is 8.24. The predicted octanol–water partition coefficient (Wildman–Crippen LogP) is 4.09. The number of nitro groups is 1. The van der Waals surface area contributed by atoms with Gasteiger partial charge in [0.15, 0.2) is 0 Å². The smallest absolute Gasteiger partial charge is 0.335 e. The largest absolute Gasteiger partial charge is 0.478 e. The molecule has 3 aromatic carbocycles. The van der Waals surface area contributed by atoms with Crippen molar-refractivity contribution in [1.82, 2.24) is 0 Å². The first-order chi connectivity index (χ1) is 13.5. The predicted molar refractivity (Wildman–Crippen MR) is 105 cm³/mol. The Bertz CT molecular complexity index is 1160. The lowest BCUT2D eigenvalue weighted by Gasteiger charge is -1.97. The topological polar surface area (TPSA) is 80.4 Å². The van der Waals surface area contributed by atoms with Crippen molar-refractivity contribution in [3.63, 3.8) is 0 Å². The number of benzene rings is 3. The fourth-order valence-corrected chi connectivity index (χ4v) is 2.37. The minimum atomic E-state index is -1.03. The zero-order valence-electron chi connectivity index (χ0n) is 14.5. The van der Waals surface area contributed by atoms with Gasteiger partial charge in [-0.25, -0.2) is 4.79 Å². The molecule has 0 saturated heterocycles. The first kappa shape index (κ1) is 18.4. The highest BCUT2D eigenvalue weighted by molar-refractivity contribution is 5.87. The van der Waals surface area contributed by atoms with E-state index in [1.54, 1.807) is 24.3 Å². The molecular weight excluding hydrogens is 354 g/mol. The van der Waals surface area contributed by atoms with Crippen LogP contribution in [0, 0.1) is 33.8 Å². The molecule has 5 nitrogen and oxygen atoms in total. The normalized spacial score (nSPS) is 9.43. The molecule has 0 atom stereocenters. The standard InChI is InChI=1S/C23H13NO4/c25-23(26)21-14-9-18(10-15-21)8-12-20-13-11-19(16-22(20)24(27)28)7-6-17-4-2-1-3-5-17/h1-5,9-11,13-16H,(H,25,26). The lowest BCUT2D eigenvalue weighted by Crippen LogP contribution is -1.95. The van der Waals surface area contributed by atoms with Crippen LogP contribution in [0.4, 0.5) is 5.69 Å². The van der Waals surface area contributed by atoms with Gasteiger partial charge in [0.25, 0.3) is 5.69 Å². The van der Waals surface area contributed by atoms with Gasteiger partial charge >= 0.3 is 5.97 Å². The van der Waals surface area contributed by atoms with E-state index in [1.165, 1.54) is 18.2 Å². The Kier molecular flexibility index (Phi) is 5.50. The van der Waals surface area contributed by atoms with E-state index in [1.807, 2.05) is 30.3 Å². The third kappa shape index (κ3) is 4.63. The zero-order chi connectivity index (χ0) is 19.9. The summed E-state index contributed by atoms with van der Waals surface area (Å²) in [6.45, 7) is 0. The maximum absolute atomic E-state index is 11.4. The van der Waals surface area contributed by atoms with Gasteiger partial charge in [-0.2, -0.15) is 0 Å². The average Bonchev–Trinajstić information content (AvgIpc) is 2.72. The fourth-order valence-electron chi connectivity index (χ4n) is 2.37. The maximum atomic E-state index is 11.4. The molecule has 0 aromatic heterocycles. The molecule has 0 aliphatic heterocycles. The number of carboxylic acids is 1. The zero-order valence-corrected chi connectivity index (χ0v) is 14.5. The van der Waals surface area contributed by atoms with Crippen LogP contribution in [-0.4, -0.2) is 16.0 Å². The lowest BCUT2D eigenvalue weighted by molar-refractivity contribution is -0.385. The van der Waals surface area contributed by atoms with Crippen molar-refractivity contribution in [3.8, 4) is 23.7 Å². The Hall–Kier alpha value is -4.35. The second-order valence-corrected chi connectivity index (χ2v) is 5.74. The van der Waals surface area contributed by atoms with Crippen LogP contribution in [0.3, 0.4) is 0 Å². The van der Waals surface area contributed by atoms with Gasteiger partial charge in [-0.15, -0.1) is 0 Å². The molecule has 3 aromatic rings. The van der Waals surface area contributed by atoms with Crippen molar-refractivity contribution in [3.05, 3.63) is 111 Å². The maximum Gasteiger partial charge on any atom is 0.335 e. The Morgan fingerprint density at radius 2 is 1.36 bits per heavy atom. The Labute approximate surface area is 161 Å². The summed E-state index contributed by atoms with van der Waals surface area (Å²) in [6, 6.07) is 20.0. The molecule has 1 N–H and O–H groups in total. The molecule has 0 aliphatic carbocycles. The Balaban J connectivity index is 1.89. The molecule has 3 rings (SSSR count). The summed E-state index contributed by atoms with van der Waals surface area (Å²) in [6.07, 6.45) is 0. The summed E-state index contributed by atoms with van der Waals surface area (Å²) >= 11 is 0. The average molecular weight is 367 g/mol. The van der Waals surface area contributed by atoms with Crippen LogP contribution in [0.15, 0.2) is 72.8 Å². The van der Waals surface area contributed by atoms with Gasteiger partial charge in [0.2, 0.25) is 0 Å². The molecule has 0 fully saturated rings. The van der Waals surface area contributed by atoms with Crippen molar-refractivity contribution in [2.45, 2.75) is 0 Å². The molecule has 0 unspecified atom stereocenters. The molecule has 28 heavy (non-hydrogen) atoms. The highest BCUT2D eigenvalue weighted by atomic mass is 16.6. The molecule has 0 aliphatic rings. The molecule has 134 valence electrons. The number of nitrogens with zero attached hydrogens (tertiary/aromatic N) is 1. The second kappa shape index (κ2) is 8.35. The molecule has 0 saturated carbocycles. The van der Waals surface area contributed by atoms with E-state index in [4.69, 9.17) is 5.11 Å². The molecule has 0 spiro atoms. The van der Waals surface area contributed by atoms with Crippen molar-refractivity contribution in [2.75, 3.05) is 0 Å². The number of rotatable bonds is 2. The van der Waals surface area contributed by atoms with Crippen LogP contribution in [0.2, 0.25) is 0 Å². The number of carboxylic acid groups (broad SMARTS) is 1. The third-order valence-corrected chi connectivity index (χ3v) is 3.79. The van der Waals surface area contributed by atoms with E-state index >= 15 is 0 Å². The second-order valence-electron chi connectivity index (χ2n) is 5.74. The van der Waals surface area contributed by atoms with Crippen LogP contribution in [-0.2, 0) is 0 Å². The molecular formula is C23H13NO4. The van der Waals surface area contributed by atoms with Crippen molar-refractivity contribution in [2.24, 2.45) is 0 Å². The van der Waals surface area contributed by atoms with Crippen molar-refractivity contribution >= 4 is 11.7 Å². The minimum absolute atomic E-state index is 0.130. The molecule has 0 heterocycles. The highest BCUT2D eigenvalue weighted by Crippen LogP contribution is 2.19. The molecule has 0 bridgehead atoms.